The molecule has 0 saturated carbocycles. The molecule has 1 fully saturated rings. The van der Waals surface area contributed by atoms with Crippen LogP contribution in [0.3, 0.4) is 0 Å². The van der Waals surface area contributed by atoms with E-state index in [1.54, 1.807) is 13.2 Å². The summed E-state index contributed by atoms with van der Waals surface area (Å²) in [7, 11) is 3.53. The fraction of sp³-hybridized carbons (Fsp3) is 0.429. The fourth-order valence-corrected chi connectivity index (χ4v) is 4.37. The Labute approximate surface area is 190 Å². The molecular weight excluding hydrogens is 430 g/mol. The predicted molar refractivity (Wildman–Crippen MR) is 124 cm³/mol. The lowest BCUT2D eigenvalue weighted by Crippen LogP contribution is -2.37. The number of nitrogens with two attached hydrogens (primary N) is 1. The second kappa shape index (κ2) is 9.72. The number of anilines is 2. The molecule has 32 heavy (non-hydrogen) atoms. The molecule has 0 unspecified atom stereocenters. The number of carbonyl (C=O) groups excluding carboxylic acids is 1. The van der Waals surface area contributed by atoms with E-state index in [1.807, 2.05) is 23.7 Å². The van der Waals surface area contributed by atoms with E-state index in [0.717, 1.165) is 47.2 Å². The number of hydrogen-bond acceptors (Lipinski definition) is 9. The maximum atomic E-state index is 11.8. The summed E-state index contributed by atoms with van der Waals surface area (Å²) in [4.78, 5) is 29.3. The van der Waals surface area contributed by atoms with Crippen LogP contribution in [0, 0.1) is 0 Å². The third-order valence-electron chi connectivity index (χ3n) is 5.24. The zero-order valence-electron chi connectivity index (χ0n) is 18.4. The Morgan fingerprint density at radius 3 is 2.75 bits per heavy atom. The van der Waals surface area contributed by atoms with Crippen molar-refractivity contribution in [3.05, 3.63) is 24.0 Å². The van der Waals surface area contributed by atoms with Gasteiger partial charge in [-0.05, 0) is 30.0 Å². The highest BCUT2D eigenvalue weighted by molar-refractivity contribution is 7.99. The molecule has 4 rings (SSSR count). The smallest absolute Gasteiger partial charge is 0.238 e. The second-order valence-electron chi connectivity index (χ2n) is 7.26. The van der Waals surface area contributed by atoms with E-state index in [9.17, 15) is 4.79 Å². The molecule has 1 aliphatic heterocycles. The molecule has 3 aromatic rings. The molecule has 0 bridgehead atoms. The number of rotatable bonds is 7. The van der Waals surface area contributed by atoms with Crippen LogP contribution in [0.2, 0.25) is 0 Å². The van der Waals surface area contributed by atoms with Gasteiger partial charge in [0.15, 0.2) is 22.1 Å². The number of nitrogens with one attached hydrogen (secondary N) is 1. The summed E-state index contributed by atoms with van der Waals surface area (Å²) in [5.74, 6) is 2.05. The Morgan fingerprint density at radius 1 is 1.28 bits per heavy atom. The average molecular weight is 458 g/mol. The van der Waals surface area contributed by atoms with E-state index in [-0.39, 0.29) is 12.5 Å². The maximum Gasteiger partial charge on any atom is 0.238 e. The molecule has 1 saturated heterocycles. The van der Waals surface area contributed by atoms with Gasteiger partial charge >= 0.3 is 0 Å². The minimum Gasteiger partial charge on any atom is -0.495 e. The van der Waals surface area contributed by atoms with Crippen LogP contribution in [0.5, 0.6) is 5.75 Å². The molecule has 2 aromatic heterocycles. The van der Waals surface area contributed by atoms with Crippen molar-refractivity contribution in [1.29, 1.82) is 0 Å². The molecule has 0 radical (unpaired) electrons. The molecule has 11 heteroatoms. The van der Waals surface area contributed by atoms with Crippen molar-refractivity contribution in [2.24, 2.45) is 12.8 Å². The molecular formula is C21H27N7O3S. The zero-order valence-corrected chi connectivity index (χ0v) is 19.2. The van der Waals surface area contributed by atoms with Crippen LogP contribution in [0.15, 0.2) is 28.3 Å². The molecule has 3 N–H and O–H groups in total. The van der Waals surface area contributed by atoms with E-state index >= 15 is 0 Å². The number of morpholine rings is 1. The monoisotopic (exact) mass is 457 g/mol. The van der Waals surface area contributed by atoms with Gasteiger partial charge in [0.05, 0.1) is 32.6 Å². The SMILES string of the molecule is CCc1nc2c(N3CCOCC3)nc(Sc3ccc(OC)c(NC(=O)CN)c3)nc2n1C. The summed E-state index contributed by atoms with van der Waals surface area (Å²) in [5, 5.41) is 3.37. The molecule has 1 aliphatic rings. The number of hydrogen-bond donors (Lipinski definition) is 2. The average Bonchev–Trinajstić information content (AvgIpc) is 3.15. The lowest BCUT2D eigenvalue weighted by atomic mass is 10.3. The van der Waals surface area contributed by atoms with Crippen molar-refractivity contribution in [3.8, 4) is 5.75 Å². The van der Waals surface area contributed by atoms with Gasteiger partial charge < -0.3 is 30.0 Å². The van der Waals surface area contributed by atoms with Crippen molar-refractivity contribution < 1.29 is 14.3 Å². The van der Waals surface area contributed by atoms with Crippen LogP contribution < -0.4 is 20.7 Å². The Kier molecular flexibility index (Phi) is 6.77. The number of nitrogens with zero attached hydrogens (tertiary/aromatic N) is 5. The van der Waals surface area contributed by atoms with Crippen molar-refractivity contribution in [1.82, 2.24) is 19.5 Å². The largest absolute Gasteiger partial charge is 0.495 e. The van der Waals surface area contributed by atoms with E-state index in [2.05, 4.69) is 17.1 Å². The highest BCUT2D eigenvalue weighted by Gasteiger charge is 2.22. The molecule has 0 spiro atoms. The van der Waals surface area contributed by atoms with Crippen molar-refractivity contribution in [2.45, 2.75) is 23.4 Å². The first kappa shape index (κ1) is 22.3. The summed E-state index contributed by atoms with van der Waals surface area (Å²) in [6, 6.07) is 5.54. The first-order valence-corrected chi connectivity index (χ1v) is 11.3. The number of benzene rings is 1. The van der Waals surface area contributed by atoms with Gasteiger partial charge in [0.2, 0.25) is 5.91 Å². The quantitative estimate of drug-likeness (QED) is 0.512. The summed E-state index contributed by atoms with van der Waals surface area (Å²) >= 11 is 1.41. The van der Waals surface area contributed by atoms with Gasteiger partial charge in [-0.2, -0.15) is 0 Å². The number of aryl methyl sites for hydroxylation is 2. The maximum absolute atomic E-state index is 11.8. The third-order valence-corrected chi connectivity index (χ3v) is 6.09. The van der Waals surface area contributed by atoms with Crippen LogP contribution >= 0.6 is 11.8 Å². The van der Waals surface area contributed by atoms with Gasteiger partial charge in [0.1, 0.15) is 11.6 Å². The number of methoxy groups -OCH3 is 1. The summed E-state index contributed by atoms with van der Waals surface area (Å²) in [6.07, 6.45) is 0.806. The topological polar surface area (TPSA) is 120 Å². The minimum atomic E-state index is -0.292. The minimum absolute atomic E-state index is 0.108. The van der Waals surface area contributed by atoms with Crippen LogP contribution in [0.4, 0.5) is 11.5 Å². The Hall–Kier alpha value is -2.89. The lowest BCUT2D eigenvalue weighted by Gasteiger charge is -2.28. The first-order chi connectivity index (χ1) is 15.5. The number of carbonyl (C=O) groups is 1. The summed E-state index contributed by atoms with van der Waals surface area (Å²) in [6.45, 7) is 4.79. The normalized spacial score (nSPS) is 14.1. The first-order valence-electron chi connectivity index (χ1n) is 10.5. The Bertz CT molecular complexity index is 1130. The number of ether oxygens (including phenoxy) is 2. The van der Waals surface area contributed by atoms with Gasteiger partial charge in [0.25, 0.3) is 0 Å². The molecule has 10 nitrogen and oxygen atoms in total. The van der Waals surface area contributed by atoms with Crippen molar-refractivity contribution >= 4 is 40.3 Å². The summed E-state index contributed by atoms with van der Waals surface area (Å²) < 4.78 is 12.9. The van der Waals surface area contributed by atoms with Crippen molar-refractivity contribution in [2.75, 3.05) is 50.2 Å². The number of amides is 1. The summed E-state index contributed by atoms with van der Waals surface area (Å²) in [5.41, 5.74) is 7.60. The van der Waals surface area contributed by atoms with E-state index in [4.69, 9.17) is 30.2 Å². The van der Waals surface area contributed by atoms with Gasteiger partial charge in [-0.25, -0.2) is 15.0 Å². The highest BCUT2D eigenvalue weighted by Crippen LogP contribution is 2.35. The zero-order chi connectivity index (χ0) is 22.7. The van der Waals surface area contributed by atoms with E-state index in [1.165, 1.54) is 11.8 Å². The lowest BCUT2D eigenvalue weighted by molar-refractivity contribution is -0.114. The van der Waals surface area contributed by atoms with E-state index in [0.29, 0.717) is 29.8 Å². The molecule has 1 amide bonds. The van der Waals surface area contributed by atoms with Gasteiger partial charge in [-0.15, -0.1) is 0 Å². The predicted octanol–water partition coefficient (Wildman–Crippen LogP) is 1.82. The molecule has 0 aliphatic carbocycles. The Morgan fingerprint density at radius 2 is 2.06 bits per heavy atom. The highest BCUT2D eigenvalue weighted by atomic mass is 32.2. The number of fused-ring (bicyclic) bond motifs is 1. The number of imidazole rings is 1. The third kappa shape index (κ3) is 4.50. The van der Waals surface area contributed by atoms with Gasteiger partial charge in [0, 0.05) is 31.5 Å². The standard InChI is InChI=1S/C21H27N7O3S/c1-4-16-24-18-19(27(16)2)25-21(26-20(18)28-7-9-31-10-8-28)32-13-5-6-15(30-3)14(11-13)23-17(29)12-22/h5-6,11H,4,7-10,12,22H2,1-3H3,(H,23,29). The second-order valence-corrected chi connectivity index (χ2v) is 8.30. The van der Waals surface area contributed by atoms with Crippen molar-refractivity contribution in [3.63, 3.8) is 0 Å². The van der Waals surface area contributed by atoms with Gasteiger partial charge in [-0.1, -0.05) is 6.92 Å². The number of aromatic nitrogens is 4. The van der Waals surface area contributed by atoms with Crippen LogP contribution in [0.1, 0.15) is 12.7 Å². The molecule has 1 aromatic carbocycles. The van der Waals surface area contributed by atoms with E-state index < -0.39 is 0 Å². The molecule has 0 atom stereocenters. The van der Waals surface area contributed by atoms with Gasteiger partial charge in [-0.3, -0.25) is 4.79 Å². The molecule has 170 valence electrons. The fourth-order valence-electron chi connectivity index (χ4n) is 3.58. The Balaban J connectivity index is 1.73. The van der Waals surface area contributed by atoms with Crippen LogP contribution in [0.25, 0.3) is 11.2 Å². The molecule has 3 heterocycles. The van der Waals surface area contributed by atoms with Crippen LogP contribution in [-0.4, -0.2) is 65.4 Å². The van der Waals surface area contributed by atoms with Crippen LogP contribution in [-0.2, 0) is 23.0 Å².